The number of aryl methyl sites for hydroxylation is 1. The van der Waals surface area contributed by atoms with Gasteiger partial charge in [-0.3, -0.25) is 0 Å². The quantitative estimate of drug-likeness (QED) is 0.0280. The number of thioether (sulfide) groups is 1. The Kier molecular flexibility index (Phi) is 38.8. The highest BCUT2D eigenvalue weighted by molar-refractivity contribution is 7.99. The first kappa shape index (κ1) is 100.0. The van der Waals surface area contributed by atoms with Crippen LogP contribution in [0.5, 0.6) is 0 Å². The third-order valence-corrected chi connectivity index (χ3v) is 34.7. The van der Waals surface area contributed by atoms with Crippen molar-refractivity contribution in [2.75, 3.05) is 32.8 Å². The van der Waals surface area contributed by atoms with Crippen LogP contribution < -0.4 is 0 Å². The molecule has 3 nitrogen and oxygen atoms in total. The zero-order valence-corrected chi connectivity index (χ0v) is 83.9. The van der Waals surface area contributed by atoms with Gasteiger partial charge >= 0.3 is 8.80 Å². The summed E-state index contributed by atoms with van der Waals surface area (Å²) < 4.78 is 17.7. The lowest BCUT2D eigenvalue weighted by Gasteiger charge is -2.35. The molecule has 16 aromatic carbocycles. The van der Waals surface area contributed by atoms with Gasteiger partial charge in [0.2, 0.25) is 0 Å². The lowest BCUT2D eigenvalue weighted by Crippen LogP contribution is -2.42. The van der Waals surface area contributed by atoms with Gasteiger partial charge in [0, 0.05) is 33.1 Å². The van der Waals surface area contributed by atoms with Crippen molar-refractivity contribution >= 4 is 20.6 Å². The van der Waals surface area contributed by atoms with Crippen LogP contribution in [0.25, 0.3) is 0 Å². The number of hydrogen-bond acceptors (Lipinski definition) is 4. The molecule has 139 heavy (non-hydrogen) atoms. The monoisotopic (exact) mass is 1860 g/mol. The highest BCUT2D eigenvalue weighted by Gasteiger charge is 2.39. The van der Waals surface area contributed by atoms with Gasteiger partial charge in [0.25, 0.3) is 0 Å². The van der Waals surface area contributed by atoms with E-state index in [-0.39, 0.29) is 65.1 Å². The molecule has 0 aromatic heterocycles. The van der Waals surface area contributed by atoms with Gasteiger partial charge in [-0.1, -0.05) is 485 Å². The zero-order valence-electron chi connectivity index (χ0n) is 82.1. The Hall–Kier alpha value is -12.0. The minimum absolute atomic E-state index is 0.225. The van der Waals surface area contributed by atoms with Crippen molar-refractivity contribution < 1.29 is 13.3 Å². The lowest BCUT2D eigenvalue weighted by atomic mass is 9.69. The van der Waals surface area contributed by atoms with Crippen LogP contribution in [0, 0.1) is 0 Å². The predicted molar refractivity (Wildman–Crippen MR) is 591 cm³/mol. The largest absolute Gasteiger partial charge is 0.500 e. The molecule has 708 valence electrons. The molecule has 0 spiro atoms. The van der Waals surface area contributed by atoms with Gasteiger partial charge in [-0.05, 0) is 293 Å². The van der Waals surface area contributed by atoms with Crippen molar-refractivity contribution in [1.29, 1.82) is 0 Å². The Morgan fingerprint density at radius 1 is 0.173 bits per heavy atom. The van der Waals surface area contributed by atoms with Gasteiger partial charge in [-0.15, -0.1) is 0 Å². The minimum Gasteiger partial charge on any atom is -0.377 e. The van der Waals surface area contributed by atoms with Gasteiger partial charge in [0.05, 0.1) is 0 Å². The Bertz CT molecular complexity index is 5870. The molecule has 0 bridgehead atoms. The van der Waals surface area contributed by atoms with Crippen LogP contribution in [-0.2, 0) is 19.7 Å². The van der Waals surface area contributed by atoms with Crippen molar-refractivity contribution in [3.05, 3.63) is 574 Å². The first-order chi connectivity index (χ1) is 68.8. The molecule has 0 saturated heterocycles. The fraction of sp³-hybridized carbons (Fsp3) is 0.284. The van der Waals surface area contributed by atoms with Crippen LogP contribution in [0.3, 0.4) is 0 Å². The van der Waals surface area contributed by atoms with Gasteiger partial charge in [-0.25, -0.2) is 0 Å². The van der Waals surface area contributed by atoms with E-state index in [1.165, 1.54) is 89.0 Å². The van der Waals surface area contributed by atoms with Crippen molar-refractivity contribution in [2.24, 2.45) is 0 Å². The molecular formula is C134H144O3SSi. The van der Waals surface area contributed by atoms with E-state index in [4.69, 9.17) is 13.3 Å². The SMILES string of the molecule is CO[Si](CCCSCC(CC(CC(CC(CC(CC(CC(CC(CC(CC(CC(CC(CC(CC(CC(CCc1ccccc1)c1ccccc1)c1ccccc1)c1ccccc1)c1ccccc1)c1ccccc1)c1ccccc1)c1ccccc1)c1ccccc1)c1ccccc1)c1ccccc1)c1ccccc1)c1ccccc1)c1ccccc1)c1ccccc1)c1ccccc1)(OC)OC. The van der Waals surface area contributed by atoms with Crippen LogP contribution in [-0.4, -0.2) is 41.6 Å². The first-order valence-corrected chi connectivity index (χ1v) is 54.9. The van der Waals surface area contributed by atoms with Gasteiger partial charge in [0.1, 0.15) is 0 Å². The first-order valence-electron chi connectivity index (χ1n) is 51.8. The molecule has 0 radical (unpaired) electrons. The molecule has 0 aliphatic rings. The number of benzene rings is 16. The van der Waals surface area contributed by atoms with Crippen LogP contribution in [0.1, 0.15) is 281 Å². The van der Waals surface area contributed by atoms with Crippen LogP contribution in [0.15, 0.2) is 485 Å². The molecule has 0 fully saturated rings. The molecular weight excluding hydrogens is 1720 g/mol. The Balaban J connectivity index is 0.716. The predicted octanol–water partition coefficient (Wildman–Crippen LogP) is 35.8. The zero-order chi connectivity index (χ0) is 94.9. The lowest BCUT2D eigenvalue weighted by molar-refractivity contribution is 0.123. The van der Waals surface area contributed by atoms with E-state index >= 15 is 0 Å². The van der Waals surface area contributed by atoms with E-state index in [1.54, 1.807) is 21.3 Å². The molecule has 16 aromatic rings. The van der Waals surface area contributed by atoms with E-state index in [0.717, 1.165) is 127 Å². The summed E-state index contributed by atoms with van der Waals surface area (Å²) >= 11 is 2.06. The average molecular weight is 1860 g/mol. The molecule has 0 aliphatic carbocycles. The summed E-state index contributed by atoms with van der Waals surface area (Å²) in [6.45, 7) is 0. The second-order valence-electron chi connectivity index (χ2n) is 39.4. The number of hydrogen-bond donors (Lipinski definition) is 0. The maximum atomic E-state index is 5.89. The molecule has 16 rings (SSSR count). The molecule has 15 unspecified atom stereocenters. The molecule has 0 aliphatic heterocycles. The minimum atomic E-state index is -2.69. The summed E-state index contributed by atoms with van der Waals surface area (Å²) in [5.74, 6) is 6.07. The molecule has 15 atom stereocenters. The van der Waals surface area contributed by atoms with Crippen LogP contribution in [0.2, 0.25) is 6.04 Å². The van der Waals surface area contributed by atoms with E-state index in [0.29, 0.717) is 23.7 Å². The Labute approximate surface area is 838 Å². The van der Waals surface area contributed by atoms with E-state index in [1.807, 2.05) is 0 Å². The fourth-order valence-electron chi connectivity index (χ4n) is 23.4. The maximum absolute atomic E-state index is 5.89. The number of rotatable bonds is 55. The second-order valence-corrected chi connectivity index (χ2v) is 43.7. The Morgan fingerprint density at radius 3 is 0.475 bits per heavy atom. The molecule has 0 amide bonds. The van der Waals surface area contributed by atoms with Gasteiger partial charge < -0.3 is 13.3 Å². The maximum Gasteiger partial charge on any atom is 0.500 e. The molecule has 0 heterocycles. The standard InChI is InChI=1S/C134H144O3SSi/c1-135-139(136-2,137-3)88-52-87-138-103-134(119-83-50-19-51-84-119)102-133(118-81-48-18-49-82-118)101-132(117-79-46-17-47-80-117)100-131(116-77-44-16-45-78-116)99-130(115-75-42-15-43-76-115)98-129(114-73-40-14-41-74-114)97-128(113-71-38-13-39-72-113)96-127(112-69-36-12-37-70-112)95-126(111-67-34-11-35-68-111)94-125(110-65-32-10-33-66-110)93-124(109-63-30-9-31-64-109)92-123(108-61-28-8-29-62-108)91-122(107-59-26-7-27-60-107)90-121(106-57-24-6-25-58-106)89-120(105-55-22-5-23-56-105)86-85-104-53-20-4-21-54-104/h4-51,53-84,120-134H,52,85-103H2,1-3H3. The van der Waals surface area contributed by atoms with Crippen LogP contribution in [0.4, 0.5) is 0 Å². The molecule has 5 heteroatoms. The van der Waals surface area contributed by atoms with E-state index in [9.17, 15) is 0 Å². The third kappa shape index (κ3) is 29.8. The van der Waals surface area contributed by atoms with E-state index < -0.39 is 8.80 Å². The fourth-order valence-corrected chi connectivity index (χ4v) is 26.5. The summed E-state index contributed by atoms with van der Waals surface area (Å²) in [4.78, 5) is 0. The third-order valence-electron chi connectivity index (χ3n) is 30.7. The van der Waals surface area contributed by atoms with E-state index in [2.05, 4.69) is 497 Å². The van der Waals surface area contributed by atoms with Crippen molar-refractivity contribution in [1.82, 2.24) is 0 Å². The summed E-state index contributed by atoms with van der Waals surface area (Å²) in [5.41, 5.74) is 22.8. The summed E-state index contributed by atoms with van der Waals surface area (Å²) in [5, 5.41) is 0. The normalized spacial score (nSPS) is 15.0. The highest BCUT2D eigenvalue weighted by Crippen LogP contribution is 2.53. The topological polar surface area (TPSA) is 27.7 Å². The Morgan fingerprint density at radius 2 is 0.309 bits per heavy atom. The highest BCUT2D eigenvalue weighted by atomic mass is 32.2. The second kappa shape index (κ2) is 53.9. The van der Waals surface area contributed by atoms with Crippen molar-refractivity contribution in [3.8, 4) is 0 Å². The van der Waals surface area contributed by atoms with Crippen molar-refractivity contribution in [3.63, 3.8) is 0 Å². The molecule has 0 N–H and O–H groups in total. The average Bonchev–Trinajstić information content (AvgIpc) is 0.808. The summed E-state index contributed by atoms with van der Waals surface area (Å²) in [7, 11) is 2.49. The van der Waals surface area contributed by atoms with Crippen molar-refractivity contribution in [2.45, 2.75) is 204 Å². The van der Waals surface area contributed by atoms with Crippen LogP contribution >= 0.6 is 11.8 Å². The summed E-state index contributed by atoms with van der Waals surface area (Å²) in [6.07, 6.45) is 17.4. The smallest absolute Gasteiger partial charge is 0.377 e. The van der Waals surface area contributed by atoms with Gasteiger partial charge in [0.15, 0.2) is 0 Å². The molecule has 0 saturated carbocycles. The van der Waals surface area contributed by atoms with Gasteiger partial charge in [-0.2, -0.15) is 11.8 Å². The summed E-state index contributed by atoms with van der Waals surface area (Å²) in [6, 6.07) is 187.